The molecule has 2 N–H and O–H groups in total. The average molecular weight is 261 g/mol. The van der Waals surface area contributed by atoms with Gasteiger partial charge in [-0.2, -0.15) is 0 Å². The van der Waals surface area contributed by atoms with Crippen LogP contribution in [0.4, 0.5) is 5.69 Å². The summed E-state index contributed by atoms with van der Waals surface area (Å²) in [6.45, 7) is 0. The van der Waals surface area contributed by atoms with Crippen molar-refractivity contribution in [3.63, 3.8) is 0 Å². The number of carbonyl (C=O) groups is 1. The quantitative estimate of drug-likeness (QED) is 0.409. The van der Waals surface area contributed by atoms with Crippen molar-refractivity contribution in [1.82, 2.24) is 3.53 Å². The van der Waals surface area contributed by atoms with Gasteiger partial charge in [0.2, 0.25) is 0 Å². The van der Waals surface area contributed by atoms with Crippen molar-refractivity contribution < 1.29 is 26.5 Å². The van der Waals surface area contributed by atoms with Crippen molar-refractivity contribution in [2.24, 2.45) is 0 Å². The number of fused-ring (bicyclic) bond motifs is 1. The van der Waals surface area contributed by atoms with E-state index in [0.717, 1.165) is 11.3 Å². The van der Waals surface area contributed by atoms with E-state index in [1.165, 1.54) is 0 Å². The van der Waals surface area contributed by atoms with Crippen molar-refractivity contribution in [1.29, 1.82) is 0 Å². The second-order valence-corrected chi connectivity index (χ2v) is 3.78. The summed E-state index contributed by atoms with van der Waals surface area (Å²) >= 11 is -0.364. The van der Waals surface area contributed by atoms with Crippen LogP contribution in [0.1, 0.15) is 10.4 Å². The number of amides is 1. The van der Waals surface area contributed by atoms with Crippen molar-refractivity contribution in [2.75, 3.05) is 3.53 Å². The molecular weight excluding hydrogens is 255 g/mol. The zero-order chi connectivity index (χ0) is 7.68. The van der Waals surface area contributed by atoms with Gasteiger partial charge in [-0.3, -0.25) is 0 Å². The molecular formula is C7H6IN2O-. The van der Waals surface area contributed by atoms with Gasteiger partial charge in [0.1, 0.15) is 0 Å². The Morgan fingerprint density at radius 3 is 2.82 bits per heavy atom. The summed E-state index contributed by atoms with van der Waals surface area (Å²) in [6, 6.07) is 7.53. The normalized spacial score (nSPS) is 15.5. The van der Waals surface area contributed by atoms with Crippen LogP contribution >= 0.6 is 0 Å². The molecule has 0 atom stereocenters. The van der Waals surface area contributed by atoms with E-state index in [0.29, 0.717) is 0 Å². The van der Waals surface area contributed by atoms with Gasteiger partial charge in [-0.15, -0.1) is 0 Å². The maximum atomic E-state index is 11.2. The van der Waals surface area contributed by atoms with Crippen LogP contribution < -0.4 is 28.8 Å². The van der Waals surface area contributed by atoms with Crippen molar-refractivity contribution in [3.8, 4) is 0 Å². The van der Waals surface area contributed by atoms with Gasteiger partial charge in [0.15, 0.2) is 0 Å². The molecule has 1 aliphatic heterocycles. The number of carbonyl (C=O) groups excluding carboxylic acids is 1. The minimum atomic E-state index is -0.364. The van der Waals surface area contributed by atoms with Crippen molar-refractivity contribution in [3.05, 3.63) is 29.8 Å². The van der Waals surface area contributed by atoms with Gasteiger partial charge in [-0.1, -0.05) is 0 Å². The van der Waals surface area contributed by atoms with Crippen molar-refractivity contribution in [2.45, 2.75) is 0 Å². The molecule has 0 spiro atoms. The zero-order valence-corrected chi connectivity index (χ0v) is 7.75. The summed E-state index contributed by atoms with van der Waals surface area (Å²) in [5.74, 6) is 0.0483. The number of para-hydroxylation sites is 1. The molecule has 0 saturated heterocycles. The number of nitrogens with one attached hydrogen (secondary N) is 2. The molecule has 0 radical (unpaired) electrons. The fourth-order valence-corrected chi connectivity index (χ4v) is 2.36. The molecule has 0 unspecified atom stereocenters. The molecule has 3 nitrogen and oxygen atoms in total. The van der Waals surface area contributed by atoms with Crippen LogP contribution in [0.25, 0.3) is 0 Å². The molecule has 11 heavy (non-hydrogen) atoms. The number of rotatable bonds is 0. The van der Waals surface area contributed by atoms with Gasteiger partial charge in [-0.05, 0) is 0 Å². The summed E-state index contributed by atoms with van der Waals surface area (Å²) in [4.78, 5) is 11.2. The SMILES string of the molecule is O=C1N[I-]Nc2ccccc21. The number of hydrogen-bond acceptors (Lipinski definition) is 2. The molecule has 1 aromatic carbocycles. The molecule has 58 valence electrons. The first kappa shape index (κ1) is 6.90. The van der Waals surface area contributed by atoms with Crippen LogP contribution in [-0.2, 0) is 0 Å². The summed E-state index contributed by atoms with van der Waals surface area (Å²) in [5, 5.41) is 0. The Morgan fingerprint density at radius 1 is 1.18 bits per heavy atom. The first-order valence-corrected chi connectivity index (χ1v) is 5.32. The number of hydrogen-bond donors (Lipinski definition) is 2. The Morgan fingerprint density at radius 2 is 2.00 bits per heavy atom. The number of anilines is 1. The second kappa shape index (κ2) is 2.69. The average Bonchev–Trinajstić information content (AvgIpc) is 2.06. The van der Waals surface area contributed by atoms with Gasteiger partial charge >= 0.3 is 75.0 Å². The summed E-state index contributed by atoms with van der Waals surface area (Å²) in [5.41, 5.74) is 1.71. The summed E-state index contributed by atoms with van der Waals surface area (Å²) < 4.78 is 5.97. The van der Waals surface area contributed by atoms with Crippen LogP contribution in [0.15, 0.2) is 24.3 Å². The number of benzene rings is 1. The van der Waals surface area contributed by atoms with Crippen molar-refractivity contribution >= 4 is 11.6 Å². The minimum absolute atomic E-state index is 0.0483. The van der Waals surface area contributed by atoms with Gasteiger partial charge < -0.3 is 0 Å². The van der Waals surface area contributed by atoms with Crippen LogP contribution in [-0.4, -0.2) is 5.91 Å². The fourth-order valence-electron chi connectivity index (χ4n) is 0.932. The molecule has 2 rings (SSSR count). The first-order valence-electron chi connectivity index (χ1n) is 3.16. The van der Waals surface area contributed by atoms with E-state index in [2.05, 4.69) is 7.06 Å². The van der Waals surface area contributed by atoms with Gasteiger partial charge in [0.25, 0.3) is 0 Å². The van der Waals surface area contributed by atoms with Crippen LogP contribution in [0.5, 0.6) is 0 Å². The monoisotopic (exact) mass is 261 g/mol. The first-order chi connectivity index (χ1) is 5.38. The fraction of sp³-hybridized carbons (Fsp3) is 0. The third-order valence-electron chi connectivity index (χ3n) is 1.45. The molecule has 1 aromatic rings. The van der Waals surface area contributed by atoms with E-state index in [-0.39, 0.29) is 27.7 Å². The van der Waals surface area contributed by atoms with Crippen LogP contribution in [0.3, 0.4) is 0 Å². The zero-order valence-electron chi connectivity index (χ0n) is 5.60. The summed E-state index contributed by atoms with van der Waals surface area (Å²) in [6.07, 6.45) is 0. The standard InChI is InChI=1S/C7H6IN2O/c11-7-5-3-1-2-4-6(5)9-8-10-7/h1-4,9H,(H,10,11)/q-1. The number of halogens is 1. The van der Waals surface area contributed by atoms with E-state index < -0.39 is 0 Å². The van der Waals surface area contributed by atoms with E-state index in [4.69, 9.17) is 0 Å². The molecule has 0 bridgehead atoms. The second-order valence-electron chi connectivity index (χ2n) is 2.16. The van der Waals surface area contributed by atoms with E-state index in [1.807, 2.05) is 24.3 Å². The Balaban J connectivity index is 2.52. The molecule has 0 fully saturated rings. The Kier molecular flexibility index (Phi) is 1.69. The molecule has 0 aliphatic carbocycles. The Bertz CT molecular complexity index is 300. The Hall–Kier alpha value is -0.780. The van der Waals surface area contributed by atoms with E-state index >= 15 is 0 Å². The van der Waals surface area contributed by atoms with E-state index in [9.17, 15) is 4.79 Å². The summed E-state index contributed by atoms with van der Waals surface area (Å²) in [7, 11) is 0. The van der Waals surface area contributed by atoms with Gasteiger partial charge in [0, 0.05) is 0 Å². The van der Waals surface area contributed by atoms with Gasteiger partial charge in [-0.25, -0.2) is 0 Å². The predicted octanol–water partition coefficient (Wildman–Crippen LogP) is -2.24. The topological polar surface area (TPSA) is 41.1 Å². The van der Waals surface area contributed by atoms with Crippen LogP contribution in [0.2, 0.25) is 0 Å². The molecule has 0 aromatic heterocycles. The third-order valence-corrected chi connectivity index (χ3v) is 3.06. The Labute approximate surface area is 75.2 Å². The van der Waals surface area contributed by atoms with E-state index in [1.54, 1.807) is 0 Å². The molecule has 1 aliphatic rings. The molecule has 4 heteroatoms. The third kappa shape index (κ3) is 1.18. The molecule has 1 amide bonds. The predicted molar refractivity (Wildman–Crippen MR) is 37.5 cm³/mol. The molecule has 0 saturated carbocycles. The maximum absolute atomic E-state index is 11.2. The van der Waals surface area contributed by atoms with Crippen LogP contribution in [0, 0.1) is 0 Å². The molecule has 1 heterocycles. The van der Waals surface area contributed by atoms with Gasteiger partial charge in [0.05, 0.1) is 0 Å².